The van der Waals surface area contributed by atoms with E-state index in [2.05, 4.69) is 10.6 Å². The second-order valence-corrected chi connectivity index (χ2v) is 6.01. The topological polar surface area (TPSA) is 42.5 Å². The van der Waals surface area contributed by atoms with Crippen LogP contribution in [-0.4, -0.2) is 12.2 Å². The molecule has 0 bridgehead atoms. The molecule has 0 radical (unpaired) electrons. The molecular weight excluding hydrogens is 344 g/mol. The van der Waals surface area contributed by atoms with Gasteiger partial charge in [0.15, 0.2) is 5.11 Å². The maximum absolute atomic E-state index is 5.78. The van der Waals surface area contributed by atoms with E-state index in [-0.39, 0.29) is 0 Å². The van der Waals surface area contributed by atoms with Gasteiger partial charge in [-0.05, 0) is 66.3 Å². The minimum atomic E-state index is 0.521. The molecule has 0 saturated heterocycles. The maximum Gasteiger partial charge on any atom is 0.175 e. The predicted molar refractivity (Wildman–Crippen MR) is 110 cm³/mol. The second-order valence-electron chi connectivity index (χ2n) is 5.61. The van der Waals surface area contributed by atoms with Crippen LogP contribution in [0.15, 0.2) is 78.9 Å². The lowest BCUT2D eigenvalue weighted by Gasteiger charge is -2.12. The molecule has 3 aromatic rings. The Balaban J connectivity index is 1.50. The number of anilines is 2. The molecule has 4 nitrogen and oxygen atoms in total. The molecule has 0 spiro atoms. The van der Waals surface area contributed by atoms with Crippen molar-refractivity contribution in [1.82, 2.24) is 0 Å². The molecule has 0 atom stereocenters. The Morgan fingerprint density at radius 2 is 1.31 bits per heavy atom. The molecule has 0 saturated carbocycles. The van der Waals surface area contributed by atoms with Gasteiger partial charge < -0.3 is 20.1 Å². The van der Waals surface area contributed by atoms with Crippen LogP contribution in [0.1, 0.15) is 5.56 Å². The molecule has 5 heteroatoms. The third-order valence-corrected chi connectivity index (χ3v) is 3.91. The van der Waals surface area contributed by atoms with Crippen LogP contribution in [0.3, 0.4) is 0 Å². The Morgan fingerprint density at radius 1 is 0.769 bits per heavy atom. The molecule has 132 valence electrons. The number of nitrogens with one attached hydrogen (secondary N) is 2. The number of ether oxygens (including phenoxy) is 2. The van der Waals surface area contributed by atoms with E-state index in [0.717, 1.165) is 28.4 Å². The van der Waals surface area contributed by atoms with Crippen LogP contribution in [0, 0.1) is 0 Å². The highest BCUT2D eigenvalue weighted by Gasteiger charge is 2.01. The van der Waals surface area contributed by atoms with Gasteiger partial charge in [-0.3, -0.25) is 0 Å². The van der Waals surface area contributed by atoms with E-state index >= 15 is 0 Å². The van der Waals surface area contributed by atoms with E-state index in [1.807, 2.05) is 78.9 Å². The Morgan fingerprint density at radius 3 is 1.85 bits per heavy atom. The molecule has 0 aromatic heterocycles. The number of hydrogen-bond acceptors (Lipinski definition) is 3. The lowest BCUT2D eigenvalue weighted by molar-refractivity contribution is 0.306. The Kier molecular flexibility index (Phi) is 6.06. The van der Waals surface area contributed by atoms with Crippen LogP contribution < -0.4 is 20.1 Å². The van der Waals surface area contributed by atoms with E-state index in [0.29, 0.717) is 11.7 Å². The van der Waals surface area contributed by atoms with Gasteiger partial charge in [0.05, 0.1) is 7.11 Å². The van der Waals surface area contributed by atoms with Crippen LogP contribution in [-0.2, 0) is 6.61 Å². The highest BCUT2D eigenvalue weighted by Crippen LogP contribution is 2.18. The molecule has 0 aliphatic carbocycles. The predicted octanol–water partition coefficient (Wildman–Crippen LogP) is 5.08. The summed E-state index contributed by atoms with van der Waals surface area (Å²) in [4.78, 5) is 0. The zero-order chi connectivity index (χ0) is 18.2. The molecule has 0 unspecified atom stereocenters. The summed E-state index contributed by atoms with van der Waals surface area (Å²) >= 11 is 5.34. The van der Waals surface area contributed by atoms with E-state index in [1.165, 1.54) is 0 Å². The standard InChI is InChI=1S/C21H20N2O2S/c1-24-19-11-7-17(8-12-19)22-21(26)23-18-9-13-20(14-10-18)25-15-16-5-3-2-4-6-16/h2-14H,15H2,1H3,(H2,22,23,26). The summed E-state index contributed by atoms with van der Waals surface area (Å²) in [6.07, 6.45) is 0. The van der Waals surface area contributed by atoms with Crippen molar-refractivity contribution < 1.29 is 9.47 Å². The van der Waals surface area contributed by atoms with Gasteiger partial charge in [-0.25, -0.2) is 0 Å². The fraction of sp³-hybridized carbons (Fsp3) is 0.0952. The summed E-state index contributed by atoms with van der Waals surface area (Å²) < 4.78 is 10.9. The monoisotopic (exact) mass is 364 g/mol. The molecule has 0 amide bonds. The molecular formula is C21H20N2O2S. The zero-order valence-electron chi connectivity index (χ0n) is 14.4. The fourth-order valence-electron chi connectivity index (χ4n) is 2.34. The second kappa shape index (κ2) is 8.87. The summed E-state index contributed by atoms with van der Waals surface area (Å²) in [5, 5.41) is 6.81. The first-order chi connectivity index (χ1) is 12.7. The van der Waals surface area contributed by atoms with Gasteiger partial charge in [-0.2, -0.15) is 0 Å². The van der Waals surface area contributed by atoms with Gasteiger partial charge in [0.1, 0.15) is 18.1 Å². The van der Waals surface area contributed by atoms with Gasteiger partial charge in [0.2, 0.25) is 0 Å². The third-order valence-electron chi connectivity index (χ3n) is 3.71. The van der Waals surface area contributed by atoms with Crippen LogP contribution in [0.25, 0.3) is 0 Å². The number of benzene rings is 3. The molecule has 0 aliphatic heterocycles. The number of methoxy groups -OCH3 is 1. The summed E-state index contributed by atoms with van der Waals surface area (Å²) in [6.45, 7) is 0.547. The van der Waals surface area contributed by atoms with Crippen molar-refractivity contribution in [2.75, 3.05) is 17.7 Å². The molecule has 2 N–H and O–H groups in total. The van der Waals surface area contributed by atoms with Gasteiger partial charge in [-0.1, -0.05) is 30.3 Å². The van der Waals surface area contributed by atoms with Gasteiger partial charge >= 0.3 is 0 Å². The average molecular weight is 364 g/mol. The Hall–Kier alpha value is -3.05. The van der Waals surface area contributed by atoms with E-state index < -0.39 is 0 Å². The van der Waals surface area contributed by atoms with Crippen LogP contribution in [0.5, 0.6) is 11.5 Å². The third kappa shape index (κ3) is 5.22. The zero-order valence-corrected chi connectivity index (χ0v) is 15.3. The quantitative estimate of drug-likeness (QED) is 0.597. The average Bonchev–Trinajstić information content (AvgIpc) is 2.69. The normalized spacial score (nSPS) is 10.0. The van der Waals surface area contributed by atoms with Crippen molar-refractivity contribution in [3.05, 3.63) is 84.4 Å². The van der Waals surface area contributed by atoms with Crippen molar-refractivity contribution in [3.63, 3.8) is 0 Å². The first kappa shape index (κ1) is 17.8. The van der Waals surface area contributed by atoms with Crippen LogP contribution >= 0.6 is 12.2 Å². The molecule has 26 heavy (non-hydrogen) atoms. The molecule has 3 aromatic carbocycles. The van der Waals surface area contributed by atoms with Gasteiger partial charge in [0, 0.05) is 11.4 Å². The highest BCUT2D eigenvalue weighted by molar-refractivity contribution is 7.80. The fourth-order valence-corrected chi connectivity index (χ4v) is 2.58. The van der Waals surface area contributed by atoms with E-state index in [4.69, 9.17) is 21.7 Å². The van der Waals surface area contributed by atoms with Gasteiger partial charge in [0.25, 0.3) is 0 Å². The molecule has 0 aliphatic rings. The smallest absolute Gasteiger partial charge is 0.175 e. The lowest BCUT2D eigenvalue weighted by atomic mass is 10.2. The first-order valence-corrected chi connectivity index (χ1v) is 8.62. The van der Waals surface area contributed by atoms with Crippen molar-refractivity contribution in [3.8, 4) is 11.5 Å². The minimum Gasteiger partial charge on any atom is -0.497 e. The minimum absolute atomic E-state index is 0.521. The lowest BCUT2D eigenvalue weighted by Crippen LogP contribution is -2.18. The summed E-state index contributed by atoms with van der Waals surface area (Å²) in [5.41, 5.74) is 2.92. The summed E-state index contributed by atoms with van der Waals surface area (Å²) in [5.74, 6) is 1.62. The van der Waals surface area contributed by atoms with Gasteiger partial charge in [-0.15, -0.1) is 0 Å². The summed E-state index contributed by atoms with van der Waals surface area (Å²) in [7, 11) is 1.64. The molecule has 0 heterocycles. The van der Waals surface area contributed by atoms with Crippen molar-refractivity contribution in [1.29, 1.82) is 0 Å². The van der Waals surface area contributed by atoms with E-state index in [1.54, 1.807) is 7.11 Å². The number of rotatable bonds is 6. The van der Waals surface area contributed by atoms with Crippen molar-refractivity contribution in [2.24, 2.45) is 0 Å². The summed E-state index contributed by atoms with van der Waals surface area (Å²) in [6, 6.07) is 25.4. The molecule has 3 rings (SSSR count). The van der Waals surface area contributed by atoms with Crippen LogP contribution in [0.2, 0.25) is 0 Å². The van der Waals surface area contributed by atoms with Crippen LogP contribution in [0.4, 0.5) is 11.4 Å². The van der Waals surface area contributed by atoms with Crippen molar-refractivity contribution in [2.45, 2.75) is 6.61 Å². The Bertz CT molecular complexity index is 834. The Labute approximate surface area is 158 Å². The number of thiocarbonyl (C=S) groups is 1. The largest absolute Gasteiger partial charge is 0.497 e. The molecule has 0 fully saturated rings. The highest BCUT2D eigenvalue weighted by atomic mass is 32.1. The SMILES string of the molecule is COc1ccc(NC(=S)Nc2ccc(OCc3ccccc3)cc2)cc1. The number of hydrogen-bond donors (Lipinski definition) is 2. The van der Waals surface area contributed by atoms with E-state index in [9.17, 15) is 0 Å². The van der Waals surface area contributed by atoms with Crippen molar-refractivity contribution >= 4 is 28.7 Å². The first-order valence-electron chi connectivity index (χ1n) is 8.22. The maximum atomic E-state index is 5.78.